The van der Waals surface area contributed by atoms with Crippen molar-refractivity contribution in [1.29, 1.82) is 0 Å². The van der Waals surface area contributed by atoms with Gasteiger partial charge in [0.2, 0.25) is 0 Å². The van der Waals surface area contributed by atoms with Crippen LogP contribution in [0.2, 0.25) is 0 Å². The fourth-order valence-corrected chi connectivity index (χ4v) is 2.92. The highest BCUT2D eigenvalue weighted by atomic mass is 79.9. The van der Waals surface area contributed by atoms with Gasteiger partial charge in [0, 0.05) is 10.7 Å². The van der Waals surface area contributed by atoms with E-state index in [4.69, 9.17) is 9.47 Å². The van der Waals surface area contributed by atoms with E-state index in [2.05, 4.69) is 26.2 Å². The monoisotopic (exact) mass is 362 g/mol. The van der Waals surface area contributed by atoms with Crippen LogP contribution in [0.25, 0.3) is 0 Å². The van der Waals surface area contributed by atoms with Gasteiger partial charge in [0.25, 0.3) is 5.91 Å². The molecule has 114 valence electrons. The minimum absolute atomic E-state index is 0.195. The molecule has 0 bridgehead atoms. The number of nitrogens with zero attached hydrogens (tertiary/aromatic N) is 1. The number of amides is 1. The van der Waals surface area contributed by atoms with Gasteiger partial charge in [-0.2, -0.15) is 0 Å². The lowest BCUT2D eigenvalue weighted by molar-refractivity contribution is 0.0934. The fourth-order valence-electron chi connectivity index (χ4n) is 2.26. The largest absolute Gasteiger partial charge is 0.486 e. The summed E-state index contributed by atoms with van der Waals surface area (Å²) in [7, 11) is 0. The molecule has 0 unspecified atom stereocenters. The maximum atomic E-state index is 12.2. The van der Waals surface area contributed by atoms with Crippen molar-refractivity contribution in [2.75, 3.05) is 13.2 Å². The highest BCUT2D eigenvalue weighted by Crippen LogP contribution is 2.37. The van der Waals surface area contributed by atoms with Gasteiger partial charge in [-0.1, -0.05) is 22.0 Å². The normalized spacial score (nSPS) is 14.3. The first-order valence-corrected chi connectivity index (χ1v) is 7.75. The molecule has 0 fully saturated rings. The molecule has 0 aliphatic carbocycles. The van der Waals surface area contributed by atoms with Crippen molar-refractivity contribution in [3.05, 3.63) is 52.3 Å². The molecular formula is C16H15BrN2O3. The predicted octanol–water partition coefficient (Wildman–Crippen LogP) is 3.11. The first-order valence-electron chi connectivity index (χ1n) is 6.96. The van der Waals surface area contributed by atoms with Crippen LogP contribution in [-0.4, -0.2) is 24.1 Å². The minimum Gasteiger partial charge on any atom is -0.486 e. The van der Waals surface area contributed by atoms with Crippen molar-refractivity contribution in [2.24, 2.45) is 0 Å². The molecule has 1 atom stereocenters. The molecule has 0 saturated heterocycles. The third kappa shape index (κ3) is 3.06. The lowest BCUT2D eigenvalue weighted by Crippen LogP contribution is -2.27. The maximum Gasteiger partial charge on any atom is 0.270 e. The zero-order valence-electron chi connectivity index (χ0n) is 12.0. The number of hydrogen-bond donors (Lipinski definition) is 1. The molecule has 2 aromatic rings. The van der Waals surface area contributed by atoms with Gasteiger partial charge >= 0.3 is 0 Å². The topological polar surface area (TPSA) is 60.5 Å². The zero-order chi connectivity index (χ0) is 15.5. The van der Waals surface area contributed by atoms with Crippen molar-refractivity contribution in [3.8, 4) is 11.5 Å². The lowest BCUT2D eigenvalue weighted by Gasteiger charge is -2.22. The molecule has 1 N–H and O–H groups in total. The van der Waals surface area contributed by atoms with Crippen molar-refractivity contribution >= 4 is 21.8 Å². The van der Waals surface area contributed by atoms with Crippen LogP contribution < -0.4 is 14.8 Å². The van der Waals surface area contributed by atoms with E-state index < -0.39 is 0 Å². The van der Waals surface area contributed by atoms with Gasteiger partial charge in [-0.3, -0.25) is 9.78 Å². The molecule has 6 heteroatoms. The molecule has 1 aliphatic heterocycles. The maximum absolute atomic E-state index is 12.2. The van der Waals surface area contributed by atoms with Crippen LogP contribution >= 0.6 is 15.9 Å². The summed E-state index contributed by atoms with van der Waals surface area (Å²) in [5, 5.41) is 2.93. The number of fused-ring (bicyclic) bond motifs is 1. The standard InChI is InChI=1S/C16H15BrN2O3/c1-10(19-16(20)13-4-2-3-5-18-13)11-8-14-15(9-12(11)17)22-7-6-21-14/h2-5,8-10H,6-7H2,1H3,(H,19,20)/t10-/m1/s1. The summed E-state index contributed by atoms with van der Waals surface area (Å²) in [6, 6.07) is 8.81. The number of benzene rings is 1. The molecule has 1 aromatic carbocycles. The predicted molar refractivity (Wildman–Crippen MR) is 85.3 cm³/mol. The number of carbonyl (C=O) groups excluding carboxylic acids is 1. The number of nitrogens with one attached hydrogen (secondary N) is 1. The fraction of sp³-hybridized carbons (Fsp3) is 0.250. The van der Waals surface area contributed by atoms with Crippen molar-refractivity contribution in [1.82, 2.24) is 10.3 Å². The average Bonchev–Trinajstić information content (AvgIpc) is 2.54. The van der Waals surface area contributed by atoms with Crippen LogP contribution in [-0.2, 0) is 0 Å². The number of ether oxygens (including phenoxy) is 2. The Labute approximate surface area is 136 Å². The minimum atomic E-state index is -0.213. The smallest absolute Gasteiger partial charge is 0.270 e. The number of halogens is 1. The summed E-state index contributed by atoms with van der Waals surface area (Å²) in [6.07, 6.45) is 1.60. The summed E-state index contributed by atoms with van der Waals surface area (Å²) in [4.78, 5) is 16.2. The molecule has 1 aliphatic rings. The van der Waals surface area contributed by atoms with Gasteiger partial charge < -0.3 is 14.8 Å². The van der Waals surface area contributed by atoms with Gasteiger partial charge in [0.15, 0.2) is 11.5 Å². The molecule has 22 heavy (non-hydrogen) atoms. The number of rotatable bonds is 3. The van der Waals surface area contributed by atoms with E-state index in [9.17, 15) is 4.79 Å². The molecule has 3 rings (SSSR count). The van der Waals surface area contributed by atoms with Gasteiger partial charge in [0.1, 0.15) is 18.9 Å². The quantitative estimate of drug-likeness (QED) is 0.911. The van der Waals surface area contributed by atoms with Crippen molar-refractivity contribution in [3.63, 3.8) is 0 Å². The number of aromatic nitrogens is 1. The SMILES string of the molecule is C[C@@H](NC(=O)c1ccccn1)c1cc2c(cc1Br)OCCO2. The second kappa shape index (κ2) is 6.36. The van der Waals surface area contributed by atoms with Crippen molar-refractivity contribution in [2.45, 2.75) is 13.0 Å². The highest BCUT2D eigenvalue weighted by molar-refractivity contribution is 9.10. The Balaban J connectivity index is 1.80. The average molecular weight is 363 g/mol. The Morgan fingerprint density at radius 2 is 2.00 bits per heavy atom. The van der Waals surface area contributed by atoms with Gasteiger partial charge in [-0.05, 0) is 36.8 Å². The lowest BCUT2D eigenvalue weighted by atomic mass is 10.1. The molecule has 0 saturated carbocycles. The molecule has 0 spiro atoms. The third-order valence-corrected chi connectivity index (χ3v) is 4.06. The number of carbonyl (C=O) groups is 1. The number of hydrogen-bond acceptors (Lipinski definition) is 4. The Hall–Kier alpha value is -2.08. The number of pyridine rings is 1. The summed E-state index contributed by atoms with van der Waals surface area (Å²) in [6.45, 7) is 2.99. The van der Waals surface area contributed by atoms with Crippen LogP contribution in [0.3, 0.4) is 0 Å². The second-order valence-corrected chi connectivity index (χ2v) is 5.78. The summed E-state index contributed by atoms with van der Waals surface area (Å²) in [5.74, 6) is 1.20. The van der Waals surface area contributed by atoms with Gasteiger partial charge in [0.05, 0.1) is 6.04 Å². The summed E-state index contributed by atoms with van der Waals surface area (Å²) < 4.78 is 12.0. The van der Waals surface area contributed by atoms with Crippen LogP contribution in [0.4, 0.5) is 0 Å². The molecule has 5 nitrogen and oxygen atoms in total. The third-order valence-electron chi connectivity index (χ3n) is 3.37. The zero-order valence-corrected chi connectivity index (χ0v) is 13.6. The van der Waals surface area contributed by atoms with Crippen LogP contribution in [0.15, 0.2) is 41.0 Å². The van der Waals surface area contributed by atoms with E-state index in [0.717, 1.165) is 10.0 Å². The molecule has 2 heterocycles. The van der Waals surface area contributed by atoms with Gasteiger partial charge in [-0.15, -0.1) is 0 Å². The second-order valence-electron chi connectivity index (χ2n) is 4.93. The first kappa shape index (κ1) is 14.8. The van der Waals surface area contributed by atoms with E-state index in [-0.39, 0.29) is 11.9 Å². The Bertz CT molecular complexity index is 691. The van der Waals surface area contributed by atoms with Crippen LogP contribution in [0.1, 0.15) is 29.0 Å². The Kier molecular flexibility index (Phi) is 4.29. The molecule has 0 radical (unpaired) electrons. The van der Waals surface area contributed by atoms with E-state index in [1.807, 2.05) is 19.1 Å². The Morgan fingerprint density at radius 1 is 1.27 bits per heavy atom. The van der Waals surface area contributed by atoms with E-state index >= 15 is 0 Å². The summed E-state index contributed by atoms with van der Waals surface area (Å²) in [5.41, 5.74) is 1.32. The van der Waals surface area contributed by atoms with Gasteiger partial charge in [-0.25, -0.2) is 0 Å². The van der Waals surface area contributed by atoms with Crippen molar-refractivity contribution < 1.29 is 14.3 Å². The molecule has 1 aromatic heterocycles. The molecular weight excluding hydrogens is 348 g/mol. The van der Waals surface area contributed by atoms with E-state index in [1.54, 1.807) is 24.4 Å². The van der Waals surface area contributed by atoms with Crippen LogP contribution in [0, 0.1) is 0 Å². The summed E-state index contributed by atoms with van der Waals surface area (Å²) >= 11 is 3.52. The van der Waals surface area contributed by atoms with E-state index in [1.165, 1.54) is 0 Å². The van der Waals surface area contributed by atoms with Crippen LogP contribution in [0.5, 0.6) is 11.5 Å². The highest BCUT2D eigenvalue weighted by Gasteiger charge is 2.19. The Morgan fingerprint density at radius 3 is 2.68 bits per heavy atom. The first-order chi connectivity index (χ1) is 10.6. The van der Waals surface area contributed by atoms with E-state index in [0.29, 0.717) is 30.4 Å². The molecule has 1 amide bonds.